The molecule has 1 aliphatic rings. The minimum absolute atomic E-state index is 0.0272. The van der Waals surface area contributed by atoms with E-state index in [2.05, 4.69) is 10.2 Å². The average Bonchev–Trinajstić information content (AvgIpc) is 3.26. The van der Waals surface area contributed by atoms with E-state index in [1.807, 2.05) is 0 Å². The molecule has 1 aromatic carbocycles. The third-order valence-electron chi connectivity index (χ3n) is 5.11. The molecule has 1 unspecified atom stereocenters. The molecule has 186 valence electrons. The van der Waals surface area contributed by atoms with Crippen LogP contribution in [0.2, 0.25) is 0 Å². The number of aliphatic carboxylic acids is 1. The number of nitrogens with zero attached hydrogens (tertiary/aromatic N) is 2. The number of amides is 2. The van der Waals surface area contributed by atoms with Crippen molar-refractivity contribution < 1.29 is 38.9 Å². The van der Waals surface area contributed by atoms with Gasteiger partial charge in [-0.2, -0.15) is 0 Å². The molecule has 4 atom stereocenters. The minimum atomic E-state index is -1.38. The molecule has 1 fully saturated rings. The van der Waals surface area contributed by atoms with Crippen LogP contribution in [0.25, 0.3) is 0 Å². The first-order valence-corrected chi connectivity index (χ1v) is 11.6. The van der Waals surface area contributed by atoms with Crippen LogP contribution in [0.3, 0.4) is 0 Å². The van der Waals surface area contributed by atoms with Crippen LogP contribution in [0, 0.1) is 16.0 Å². The molecule has 0 aromatic heterocycles. The number of nitrogens with one attached hydrogen (secondary N) is 1. The summed E-state index contributed by atoms with van der Waals surface area (Å²) in [5.41, 5.74) is 0.755. The number of benzene rings is 1. The molecule has 13 heteroatoms. The largest absolute Gasteiger partial charge is 0.480 e. The fourth-order valence-electron chi connectivity index (χ4n) is 3.48. The van der Waals surface area contributed by atoms with Gasteiger partial charge in [0.25, 0.3) is 5.09 Å². The Bertz CT molecular complexity index is 899. The Hall–Kier alpha value is -3.35. The Labute approximate surface area is 200 Å². The number of ether oxygens (including phenoxy) is 1. The standard InChI is InChI=1S/C21H27N3O9S/c1-13(12-34-21(29)32-14(2)33-24(30)31)19(26)23-10-6-9-17(23)18(25)22-16(20(27)28)11-15-7-4-3-5-8-15/h3-5,7-8,13-14,16-17H,6,9-12H2,1-2H3,(H,22,25)(H,27,28)/t13-,14?,16-,17+/m1/s1. The quantitative estimate of drug-likeness (QED) is 0.199. The highest BCUT2D eigenvalue weighted by atomic mass is 32.2. The highest BCUT2D eigenvalue weighted by molar-refractivity contribution is 8.13. The number of thioether (sulfide) groups is 1. The Kier molecular flexibility index (Phi) is 10.1. The summed E-state index contributed by atoms with van der Waals surface area (Å²) >= 11 is 0.663. The lowest BCUT2D eigenvalue weighted by atomic mass is 10.1. The van der Waals surface area contributed by atoms with E-state index in [9.17, 15) is 34.4 Å². The maximum absolute atomic E-state index is 12.9. The zero-order valence-corrected chi connectivity index (χ0v) is 19.6. The number of hydrogen-bond acceptors (Lipinski definition) is 9. The van der Waals surface area contributed by atoms with Crippen molar-refractivity contribution in [1.82, 2.24) is 10.2 Å². The average molecular weight is 498 g/mol. The van der Waals surface area contributed by atoms with Gasteiger partial charge in [0, 0.05) is 24.6 Å². The second kappa shape index (κ2) is 12.8. The number of carbonyl (C=O) groups is 4. The summed E-state index contributed by atoms with van der Waals surface area (Å²) in [6.07, 6.45) is -0.299. The van der Waals surface area contributed by atoms with Crippen molar-refractivity contribution >= 4 is 34.8 Å². The van der Waals surface area contributed by atoms with Crippen molar-refractivity contribution in [3.63, 3.8) is 0 Å². The predicted octanol–water partition coefficient (Wildman–Crippen LogP) is 1.85. The third-order valence-corrected chi connectivity index (χ3v) is 6.10. The molecule has 1 aromatic rings. The number of likely N-dealkylation sites (tertiary alicyclic amines) is 1. The normalized spacial score (nSPS) is 17.8. The molecular weight excluding hydrogens is 470 g/mol. The van der Waals surface area contributed by atoms with Crippen molar-refractivity contribution in [3.05, 3.63) is 46.0 Å². The molecule has 1 aliphatic heterocycles. The Morgan fingerprint density at radius 3 is 2.56 bits per heavy atom. The molecule has 0 radical (unpaired) electrons. The van der Waals surface area contributed by atoms with Gasteiger partial charge in [0.15, 0.2) is 0 Å². The molecule has 0 aliphatic carbocycles. The van der Waals surface area contributed by atoms with Gasteiger partial charge in [-0.1, -0.05) is 37.3 Å². The van der Waals surface area contributed by atoms with Gasteiger partial charge in [-0.15, -0.1) is 10.1 Å². The maximum atomic E-state index is 12.9. The summed E-state index contributed by atoms with van der Waals surface area (Å²) in [4.78, 5) is 64.9. The molecule has 2 amide bonds. The van der Waals surface area contributed by atoms with Crippen LogP contribution in [-0.4, -0.2) is 68.8 Å². The van der Waals surface area contributed by atoms with E-state index in [0.29, 0.717) is 31.1 Å². The van der Waals surface area contributed by atoms with E-state index in [4.69, 9.17) is 4.74 Å². The van der Waals surface area contributed by atoms with E-state index in [0.717, 1.165) is 5.56 Å². The molecule has 2 rings (SSSR count). The highest BCUT2D eigenvalue weighted by Crippen LogP contribution is 2.23. The van der Waals surface area contributed by atoms with Crippen molar-refractivity contribution in [1.29, 1.82) is 0 Å². The van der Waals surface area contributed by atoms with Crippen LogP contribution in [0.5, 0.6) is 0 Å². The Morgan fingerprint density at radius 1 is 1.26 bits per heavy atom. The van der Waals surface area contributed by atoms with Crippen LogP contribution in [-0.2, 0) is 30.4 Å². The third kappa shape index (κ3) is 8.21. The summed E-state index contributed by atoms with van der Waals surface area (Å²) in [7, 11) is 0. The number of carbonyl (C=O) groups excluding carboxylic acids is 3. The summed E-state index contributed by atoms with van der Waals surface area (Å²) in [6.45, 7) is 3.11. The van der Waals surface area contributed by atoms with Gasteiger partial charge in [-0.05, 0) is 37.1 Å². The maximum Gasteiger partial charge on any atom is 0.369 e. The Morgan fingerprint density at radius 2 is 1.94 bits per heavy atom. The SMILES string of the molecule is CC(OC(=O)SC[C@@H](C)C(=O)N1CCC[C@H]1C(=O)N[C@H](Cc1ccccc1)C(=O)O)O[N+](=O)[O-]. The fourth-order valence-corrected chi connectivity index (χ4v) is 4.21. The lowest BCUT2D eigenvalue weighted by Crippen LogP contribution is -2.52. The van der Waals surface area contributed by atoms with Gasteiger partial charge in [-0.3, -0.25) is 14.4 Å². The molecule has 0 spiro atoms. The molecule has 0 bridgehead atoms. The monoisotopic (exact) mass is 497 g/mol. The van der Waals surface area contributed by atoms with Gasteiger partial charge in [-0.25, -0.2) is 9.59 Å². The molecular formula is C21H27N3O9S. The predicted molar refractivity (Wildman–Crippen MR) is 120 cm³/mol. The summed E-state index contributed by atoms with van der Waals surface area (Å²) in [6, 6.07) is 6.94. The molecule has 0 saturated carbocycles. The molecule has 12 nitrogen and oxygen atoms in total. The van der Waals surface area contributed by atoms with Gasteiger partial charge in [0.05, 0.1) is 0 Å². The number of carboxylic acids is 1. The topological polar surface area (TPSA) is 165 Å². The van der Waals surface area contributed by atoms with E-state index >= 15 is 0 Å². The Balaban J connectivity index is 1.91. The van der Waals surface area contributed by atoms with Crippen LogP contribution in [0.15, 0.2) is 30.3 Å². The summed E-state index contributed by atoms with van der Waals surface area (Å²) < 4.78 is 4.71. The molecule has 34 heavy (non-hydrogen) atoms. The first kappa shape index (κ1) is 26.9. The lowest BCUT2D eigenvalue weighted by molar-refractivity contribution is -0.777. The van der Waals surface area contributed by atoms with Gasteiger partial charge >= 0.3 is 11.3 Å². The van der Waals surface area contributed by atoms with E-state index in [1.165, 1.54) is 11.8 Å². The second-order valence-electron chi connectivity index (χ2n) is 7.76. The highest BCUT2D eigenvalue weighted by Gasteiger charge is 2.37. The van der Waals surface area contributed by atoms with Crippen LogP contribution < -0.4 is 5.32 Å². The van der Waals surface area contributed by atoms with Crippen molar-refractivity contribution in [2.24, 2.45) is 5.92 Å². The smallest absolute Gasteiger partial charge is 0.369 e. The van der Waals surface area contributed by atoms with Gasteiger partial charge in [0.1, 0.15) is 12.1 Å². The number of hydrogen-bond donors (Lipinski definition) is 2. The zero-order valence-electron chi connectivity index (χ0n) is 18.7. The fraction of sp³-hybridized carbons (Fsp3) is 0.524. The number of rotatable bonds is 11. The van der Waals surface area contributed by atoms with Gasteiger partial charge < -0.3 is 20.1 Å². The van der Waals surface area contributed by atoms with E-state index in [1.54, 1.807) is 37.3 Å². The summed E-state index contributed by atoms with van der Waals surface area (Å²) in [5, 5.41) is 20.4. The van der Waals surface area contributed by atoms with Crippen LogP contribution >= 0.6 is 11.8 Å². The second-order valence-corrected chi connectivity index (χ2v) is 8.71. The van der Waals surface area contributed by atoms with Crippen molar-refractivity contribution in [2.45, 2.75) is 51.5 Å². The van der Waals surface area contributed by atoms with Crippen LogP contribution in [0.4, 0.5) is 4.79 Å². The molecule has 1 saturated heterocycles. The zero-order chi connectivity index (χ0) is 25.3. The van der Waals surface area contributed by atoms with Gasteiger partial charge in [0.2, 0.25) is 18.1 Å². The first-order chi connectivity index (χ1) is 16.1. The number of carboxylic acid groups (broad SMARTS) is 1. The lowest BCUT2D eigenvalue weighted by Gasteiger charge is -2.27. The molecule has 2 N–H and O–H groups in total. The van der Waals surface area contributed by atoms with Crippen LogP contribution in [0.1, 0.15) is 32.3 Å². The van der Waals surface area contributed by atoms with E-state index in [-0.39, 0.29) is 18.1 Å². The van der Waals surface area contributed by atoms with E-state index < -0.39 is 46.6 Å². The molecule has 1 heterocycles. The van der Waals surface area contributed by atoms with Crippen molar-refractivity contribution in [2.75, 3.05) is 12.3 Å². The van der Waals surface area contributed by atoms with Crippen molar-refractivity contribution in [3.8, 4) is 0 Å². The summed E-state index contributed by atoms with van der Waals surface area (Å²) in [5.74, 6) is -2.70. The minimum Gasteiger partial charge on any atom is -0.480 e. The first-order valence-electron chi connectivity index (χ1n) is 10.6.